The normalized spacial score (nSPS) is 18.3. The molecule has 1 fully saturated rings. The standard InChI is InChI=1S/C16H33NO/c1-3-5-6-7-10-14-18-16(11-8-9-12-16)15-17-13-4-2/h17H,3-15H2,1-2H3. The minimum Gasteiger partial charge on any atom is -0.374 e. The lowest BCUT2D eigenvalue weighted by molar-refractivity contribution is -0.0407. The zero-order chi connectivity index (χ0) is 13.1. The van der Waals surface area contributed by atoms with E-state index in [1.165, 1.54) is 64.2 Å². The molecule has 0 heterocycles. The van der Waals surface area contributed by atoms with Gasteiger partial charge in [0.2, 0.25) is 0 Å². The van der Waals surface area contributed by atoms with Gasteiger partial charge in [0.1, 0.15) is 0 Å². The molecule has 0 saturated heterocycles. The van der Waals surface area contributed by atoms with E-state index in [0.717, 1.165) is 19.7 Å². The molecule has 0 amide bonds. The Morgan fingerprint density at radius 3 is 2.33 bits per heavy atom. The maximum atomic E-state index is 6.25. The second-order valence-electron chi connectivity index (χ2n) is 5.83. The Morgan fingerprint density at radius 1 is 0.944 bits per heavy atom. The van der Waals surface area contributed by atoms with E-state index in [0.29, 0.717) is 0 Å². The van der Waals surface area contributed by atoms with Crippen LogP contribution < -0.4 is 5.32 Å². The van der Waals surface area contributed by atoms with Crippen molar-refractivity contribution in [2.75, 3.05) is 19.7 Å². The highest BCUT2D eigenvalue weighted by Gasteiger charge is 2.33. The lowest BCUT2D eigenvalue weighted by Crippen LogP contribution is -2.41. The minimum atomic E-state index is 0.180. The summed E-state index contributed by atoms with van der Waals surface area (Å²) in [4.78, 5) is 0. The Labute approximate surface area is 114 Å². The Morgan fingerprint density at radius 2 is 1.67 bits per heavy atom. The summed E-state index contributed by atoms with van der Waals surface area (Å²) in [5, 5.41) is 3.55. The highest BCUT2D eigenvalue weighted by molar-refractivity contribution is 4.88. The average Bonchev–Trinajstić information content (AvgIpc) is 2.83. The molecule has 2 heteroatoms. The molecular weight excluding hydrogens is 222 g/mol. The van der Waals surface area contributed by atoms with Crippen molar-refractivity contribution in [1.29, 1.82) is 0 Å². The summed E-state index contributed by atoms with van der Waals surface area (Å²) in [6, 6.07) is 0. The van der Waals surface area contributed by atoms with Crippen LogP contribution in [0.5, 0.6) is 0 Å². The molecule has 0 unspecified atom stereocenters. The monoisotopic (exact) mass is 255 g/mol. The van der Waals surface area contributed by atoms with E-state index in [9.17, 15) is 0 Å². The van der Waals surface area contributed by atoms with Crippen molar-refractivity contribution in [3.8, 4) is 0 Å². The molecule has 0 atom stereocenters. The Balaban J connectivity index is 2.13. The number of hydrogen-bond donors (Lipinski definition) is 1. The number of unbranched alkanes of at least 4 members (excludes halogenated alkanes) is 4. The van der Waals surface area contributed by atoms with Crippen molar-refractivity contribution in [3.63, 3.8) is 0 Å². The lowest BCUT2D eigenvalue weighted by atomic mass is 10.0. The van der Waals surface area contributed by atoms with E-state index in [1.54, 1.807) is 0 Å². The molecule has 2 nitrogen and oxygen atoms in total. The van der Waals surface area contributed by atoms with Gasteiger partial charge >= 0.3 is 0 Å². The Hall–Kier alpha value is -0.0800. The minimum absolute atomic E-state index is 0.180. The first-order chi connectivity index (χ1) is 8.83. The molecule has 0 aromatic heterocycles. The van der Waals surface area contributed by atoms with Gasteiger partial charge < -0.3 is 10.1 Å². The Bertz CT molecular complexity index is 188. The van der Waals surface area contributed by atoms with Crippen molar-refractivity contribution in [2.45, 2.75) is 83.7 Å². The van der Waals surface area contributed by atoms with Crippen LogP contribution in [-0.2, 0) is 4.74 Å². The summed E-state index contributed by atoms with van der Waals surface area (Å²) in [5.41, 5.74) is 0.180. The molecule has 18 heavy (non-hydrogen) atoms. The fraction of sp³-hybridized carbons (Fsp3) is 1.00. The van der Waals surface area contributed by atoms with Gasteiger partial charge in [0, 0.05) is 13.2 Å². The third-order valence-electron chi connectivity index (χ3n) is 4.04. The van der Waals surface area contributed by atoms with Crippen LogP contribution in [0.2, 0.25) is 0 Å². The predicted octanol–water partition coefficient (Wildman–Crippen LogP) is 4.29. The zero-order valence-corrected chi connectivity index (χ0v) is 12.6. The highest BCUT2D eigenvalue weighted by atomic mass is 16.5. The molecule has 0 bridgehead atoms. The van der Waals surface area contributed by atoms with Gasteiger partial charge in [0.05, 0.1) is 5.60 Å². The molecule has 0 aromatic rings. The van der Waals surface area contributed by atoms with Gasteiger partial charge in [-0.05, 0) is 32.2 Å². The molecular formula is C16H33NO. The summed E-state index contributed by atoms with van der Waals surface area (Å²) in [6.07, 6.45) is 13.1. The molecule has 0 radical (unpaired) electrons. The first kappa shape index (κ1) is 16.0. The SMILES string of the molecule is CCCCCCCOC1(CNCCC)CCCC1. The third-order valence-corrected chi connectivity index (χ3v) is 4.04. The van der Waals surface area contributed by atoms with E-state index in [1.807, 2.05) is 0 Å². The second-order valence-corrected chi connectivity index (χ2v) is 5.83. The molecule has 0 spiro atoms. The smallest absolute Gasteiger partial charge is 0.0806 e. The topological polar surface area (TPSA) is 21.3 Å². The molecule has 1 N–H and O–H groups in total. The predicted molar refractivity (Wildman–Crippen MR) is 79.1 cm³/mol. The average molecular weight is 255 g/mol. The number of ether oxygens (including phenoxy) is 1. The van der Waals surface area contributed by atoms with Gasteiger partial charge in [-0.25, -0.2) is 0 Å². The second kappa shape index (κ2) is 9.80. The summed E-state index contributed by atoms with van der Waals surface area (Å²) < 4.78 is 6.25. The third kappa shape index (κ3) is 6.19. The molecule has 1 aliphatic carbocycles. The summed E-state index contributed by atoms with van der Waals surface area (Å²) in [6.45, 7) is 7.65. The quantitative estimate of drug-likeness (QED) is 0.556. The van der Waals surface area contributed by atoms with Gasteiger partial charge in [-0.15, -0.1) is 0 Å². The van der Waals surface area contributed by atoms with Crippen LogP contribution in [0.4, 0.5) is 0 Å². The largest absolute Gasteiger partial charge is 0.374 e. The molecule has 0 aliphatic heterocycles. The number of hydrogen-bond acceptors (Lipinski definition) is 2. The zero-order valence-electron chi connectivity index (χ0n) is 12.6. The number of nitrogens with one attached hydrogen (secondary N) is 1. The molecule has 0 aromatic carbocycles. The highest BCUT2D eigenvalue weighted by Crippen LogP contribution is 2.32. The molecule has 1 saturated carbocycles. The summed E-state index contributed by atoms with van der Waals surface area (Å²) in [7, 11) is 0. The first-order valence-electron chi connectivity index (χ1n) is 8.17. The van der Waals surface area contributed by atoms with Crippen LogP contribution >= 0.6 is 0 Å². The lowest BCUT2D eigenvalue weighted by Gasteiger charge is -2.30. The van der Waals surface area contributed by atoms with E-state index >= 15 is 0 Å². The maximum Gasteiger partial charge on any atom is 0.0806 e. The summed E-state index contributed by atoms with van der Waals surface area (Å²) >= 11 is 0. The molecule has 1 rings (SSSR count). The van der Waals surface area contributed by atoms with Crippen molar-refractivity contribution >= 4 is 0 Å². The van der Waals surface area contributed by atoms with Gasteiger partial charge in [0.25, 0.3) is 0 Å². The van der Waals surface area contributed by atoms with Crippen molar-refractivity contribution in [1.82, 2.24) is 5.32 Å². The van der Waals surface area contributed by atoms with Crippen LogP contribution in [-0.4, -0.2) is 25.3 Å². The van der Waals surface area contributed by atoms with Crippen LogP contribution in [0.1, 0.15) is 78.1 Å². The Kier molecular flexibility index (Phi) is 8.70. The molecule has 1 aliphatic rings. The maximum absolute atomic E-state index is 6.25. The van der Waals surface area contributed by atoms with E-state index in [-0.39, 0.29) is 5.60 Å². The van der Waals surface area contributed by atoms with E-state index < -0.39 is 0 Å². The molecule has 108 valence electrons. The van der Waals surface area contributed by atoms with E-state index in [2.05, 4.69) is 19.2 Å². The fourth-order valence-corrected chi connectivity index (χ4v) is 2.88. The summed E-state index contributed by atoms with van der Waals surface area (Å²) in [5.74, 6) is 0. The first-order valence-corrected chi connectivity index (χ1v) is 8.17. The van der Waals surface area contributed by atoms with Crippen LogP contribution in [0.3, 0.4) is 0 Å². The van der Waals surface area contributed by atoms with Crippen LogP contribution in [0.15, 0.2) is 0 Å². The van der Waals surface area contributed by atoms with Crippen molar-refractivity contribution in [3.05, 3.63) is 0 Å². The van der Waals surface area contributed by atoms with E-state index in [4.69, 9.17) is 4.74 Å². The van der Waals surface area contributed by atoms with Gasteiger partial charge in [0.15, 0.2) is 0 Å². The fourth-order valence-electron chi connectivity index (χ4n) is 2.88. The van der Waals surface area contributed by atoms with Gasteiger partial charge in [-0.3, -0.25) is 0 Å². The van der Waals surface area contributed by atoms with Crippen LogP contribution in [0, 0.1) is 0 Å². The van der Waals surface area contributed by atoms with Gasteiger partial charge in [-0.2, -0.15) is 0 Å². The number of rotatable bonds is 11. The van der Waals surface area contributed by atoms with Gasteiger partial charge in [-0.1, -0.05) is 52.4 Å². The van der Waals surface area contributed by atoms with Crippen molar-refractivity contribution in [2.24, 2.45) is 0 Å². The van der Waals surface area contributed by atoms with Crippen LogP contribution in [0.25, 0.3) is 0 Å². The van der Waals surface area contributed by atoms with Crippen molar-refractivity contribution < 1.29 is 4.74 Å².